The first-order valence-corrected chi connectivity index (χ1v) is 6.85. The molecule has 0 fully saturated rings. The summed E-state index contributed by atoms with van der Waals surface area (Å²) in [5.74, 6) is -0.0723. The molecular formula is C13H12BrNOS. The van der Waals surface area contributed by atoms with Gasteiger partial charge in [0.1, 0.15) is 0 Å². The van der Waals surface area contributed by atoms with Gasteiger partial charge in [-0.1, -0.05) is 6.07 Å². The minimum atomic E-state index is -0.0723. The molecule has 0 aliphatic carbocycles. The minimum absolute atomic E-state index is 0.0723. The van der Waals surface area contributed by atoms with E-state index in [1.165, 1.54) is 11.3 Å². The monoisotopic (exact) mass is 309 g/mol. The molecule has 0 aliphatic heterocycles. The number of hydrogen-bond donors (Lipinski definition) is 1. The van der Waals surface area contributed by atoms with Gasteiger partial charge in [-0.3, -0.25) is 4.79 Å². The Morgan fingerprint density at radius 1 is 1.18 bits per heavy atom. The molecule has 88 valence electrons. The number of aryl methyl sites for hydroxylation is 2. The van der Waals surface area contributed by atoms with Gasteiger partial charge in [-0.05, 0) is 59.1 Å². The van der Waals surface area contributed by atoms with Gasteiger partial charge < -0.3 is 5.32 Å². The molecule has 1 aromatic carbocycles. The fourth-order valence-corrected chi connectivity index (χ4v) is 2.82. The van der Waals surface area contributed by atoms with E-state index in [1.54, 1.807) is 0 Å². The van der Waals surface area contributed by atoms with Crippen LogP contribution < -0.4 is 5.32 Å². The largest absolute Gasteiger partial charge is 0.322 e. The van der Waals surface area contributed by atoms with Crippen molar-refractivity contribution >= 4 is 38.9 Å². The maximum absolute atomic E-state index is 11.9. The molecule has 2 aromatic rings. The second-order valence-corrected chi connectivity index (χ2v) is 6.26. The summed E-state index contributed by atoms with van der Waals surface area (Å²) in [7, 11) is 0. The molecule has 0 aliphatic rings. The van der Waals surface area contributed by atoms with Crippen LogP contribution in [0.4, 0.5) is 5.69 Å². The number of nitrogens with one attached hydrogen (secondary N) is 1. The first-order valence-electron chi connectivity index (χ1n) is 5.18. The van der Waals surface area contributed by atoms with E-state index < -0.39 is 0 Å². The third-order valence-corrected chi connectivity index (χ3v) is 3.81. The Morgan fingerprint density at radius 3 is 2.35 bits per heavy atom. The van der Waals surface area contributed by atoms with Gasteiger partial charge in [-0.15, -0.1) is 11.3 Å². The number of carbonyl (C=O) groups excluding carboxylic acids is 1. The summed E-state index contributed by atoms with van der Waals surface area (Å²) in [5.41, 5.74) is 3.81. The predicted octanol–water partition coefficient (Wildman–Crippen LogP) is 4.38. The highest BCUT2D eigenvalue weighted by atomic mass is 79.9. The lowest BCUT2D eigenvalue weighted by Gasteiger charge is -2.06. The summed E-state index contributed by atoms with van der Waals surface area (Å²) in [4.78, 5) is 11.9. The van der Waals surface area contributed by atoms with E-state index in [4.69, 9.17) is 0 Å². The maximum atomic E-state index is 11.9. The van der Waals surface area contributed by atoms with Crippen molar-refractivity contribution in [3.05, 3.63) is 50.1 Å². The third-order valence-electron chi connectivity index (χ3n) is 2.31. The molecule has 1 aromatic heterocycles. The number of halogens is 1. The van der Waals surface area contributed by atoms with Crippen LogP contribution >= 0.6 is 27.3 Å². The third kappa shape index (κ3) is 3.17. The van der Waals surface area contributed by atoms with E-state index in [9.17, 15) is 4.79 Å². The summed E-state index contributed by atoms with van der Waals surface area (Å²) >= 11 is 4.85. The normalized spacial score (nSPS) is 10.3. The lowest BCUT2D eigenvalue weighted by Crippen LogP contribution is -2.10. The van der Waals surface area contributed by atoms with Crippen molar-refractivity contribution < 1.29 is 4.79 Å². The zero-order chi connectivity index (χ0) is 12.4. The summed E-state index contributed by atoms with van der Waals surface area (Å²) in [6, 6.07) is 7.83. The van der Waals surface area contributed by atoms with E-state index in [1.807, 2.05) is 37.4 Å². The van der Waals surface area contributed by atoms with Gasteiger partial charge in [-0.2, -0.15) is 0 Å². The van der Waals surface area contributed by atoms with Gasteiger partial charge in [0.2, 0.25) is 0 Å². The Hall–Kier alpha value is -1.13. The fourth-order valence-electron chi connectivity index (χ4n) is 1.68. The highest BCUT2D eigenvalue weighted by Gasteiger charge is 2.08. The number of thiophene rings is 1. The molecule has 0 radical (unpaired) electrons. The molecule has 0 spiro atoms. The lowest BCUT2D eigenvalue weighted by atomic mass is 10.1. The topological polar surface area (TPSA) is 29.1 Å². The van der Waals surface area contributed by atoms with Gasteiger partial charge in [0.05, 0.1) is 9.35 Å². The second kappa shape index (κ2) is 5.02. The van der Waals surface area contributed by atoms with Crippen molar-refractivity contribution in [2.24, 2.45) is 0 Å². The van der Waals surface area contributed by atoms with Crippen molar-refractivity contribution in [1.29, 1.82) is 0 Å². The van der Waals surface area contributed by atoms with Crippen molar-refractivity contribution in [3.8, 4) is 0 Å². The van der Waals surface area contributed by atoms with Crippen molar-refractivity contribution in [2.45, 2.75) is 13.8 Å². The van der Waals surface area contributed by atoms with Crippen LogP contribution in [-0.2, 0) is 0 Å². The van der Waals surface area contributed by atoms with Crippen LogP contribution in [0, 0.1) is 13.8 Å². The summed E-state index contributed by atoms with van der Waals surface area (Å²) in [6.45, 7) is 4.04. The number of rotatable bonds is 2. The van der Waals surface area contributed by atoms with Gasteiger partial charge >= 0.3 is 0 Å². The number of benzene rings is 1. The van der Waals surface area contributed by atoms with E-state index in [0.29, 0.717) is 5.56 Å². The first kappa shape index (κ1) is 12.3. The maximum Gasteiger partial charge on any atom is 0.256 e. The Morgan fingerprint density at radius 2 is 1.82 bits per heavy atom. The van der Waals surface area contributed by atoms with E-state index >= 15 is 0 Å². The molecule has 0 saturated carbocycles. The van der Waals surface area contributed by atoms with Gasteiger partial charge in [0.25, 0.3) is 5.91 Å². The van der Waals surface area contributed by atoms with E-state index in [-0.39, 0.29) is 5.91 Å². The van der Waals surface area contributed by atoms with Crippen molar-refractivity contribution in [1.82, 2.24) is 0 Å². The molecule has 0 atom stereocenters. The zero-order valence-corrected chi connectivity index (χ0v) is 12.0. The number of amides is 1. The quantitative estimate of drug-likeness (QED) is 0.876. The highest BCUT2D eigenvalue weighted by Crippen LogP contribution is 2.22. The van der Waals surface area contributed by atoms with Crippen LogP contribution in [0.15, 0.2) is 33.4 Å². The SMILES string of the molecule is Cc1cc(C)cc(NC(=O)c2csc(Br)c2)c1. The Kier molecular flexibility index (Phi) is 3.64. The molecule has 1 N–H and O–H groups in total. The molecule has 0 saturated heterocycles. The van der Waals surface area contributed by atoms with Crippen molar-refractivity contribution in [3.63, 3.8) is 0 Å². The Balaban J connectivity index is 2.18. The molecule has 0 bridgehead atoms. The standard InChI is InChI=1S/C13H12BrNOS/c1-8-3-9(2)5-11(4-8)15-13(16)10-6-12(14)17-7-10/h3-7H,1-2H3,(H,15,16). The average Bonchev–Trinajstić information content (AvgIpc) is 2.63. The summed E-state index contributed by atoms with van der Waals surface area (Å²) in [5, 5.41) is 4.74. The zero-order valence-electron chi connectivity index (χ0n) is 9.58. The summed E-state index contributed by atoms with van der Waals surface area (Å²) in [6.07, 6.45) is 0. The Bertz CT molecular complexity index is 542. The highest BCUT2D eigenvalue weighted by molar-refractivity contribution is 9.11. The molecule has 0 unspecified atom stereocenters. The number of carbonyl (C=O) groups is 1. The molecule has 17 heavy (non-hydrogen) atoms. The van der Waals surface area contributed by atoms with E-state index in [0.717, 1.165) is 20.6 Å². The van der Waals surface area contributed by atoms with Crippen LogP contribution in [0.1, 0.15) is 21.5 Å². The van der Waals surface area contributed by atoms with Crippen molar-refractivity contribution in [2.75, 3.05) is 5.32 Å². The number of anilines is 1. The van der Waals surface area contributed by atoms with Gasteiger partial charge in [0, 0.05) is 11.1 Å². The minimum Gasteiger partial charge on any atom is -0.322 e. The van der Waals surface area contributed by atoms with Gasteiger partial charge in [0.15, 0.2) is 0 Å². The van der Waals surface area contributed by atoms with Crippen LogP contribution in [0.3, 0.4) is 0 Å². The molecule has 2 rings (SSSR count). The molecular weight excluding hydrogens is 298 g/mol. The smallest absolute Gasteiger partial charge is 0.256 e. The number of hydrogen-bond acceptors (Lipinski definition) is 2. The fraction of sp³-hybridized carbons (Fsp3) is 0.154. The molecule has 1 amide bonds. The Labute approximate surface area is 113 Å². The second-order valence-electron chi connectivity index (χ2n) is 3.97. The van der Waals surface area contributed by atoms with Crippen LogP contribution in [0.2, 0.25) is 0 Å². The molecule has 1 heterocycles. The predicted molar refractivity (Wildman–Crippen MR) is 75.9 cm³/mol. The average molecular weight is 310 g/mol. The summed E-state index contributed by atoms with van der Waals surface area (Å²) < 4.78 is 0.961. The van der Waals surface area contributed by atoms with Gasteiger partial charge in [-0.25, -0.2) is 0 Å². The lowest BCUT2D eigenvalue weighted by molar-refractivity contribution is 0.102. The first-order chi connectivity index (χ1) is 8.04. The van der Waals surface area contributed by atoms with Crippen LogP contribution in [0.25, 0.3) is 0 Å². The molecule has 4 heteroatoms. The van der Waals surface area contributed by atoms with E-state index in [2.05, 4.69) is 27.3 Å². The molecule has 2 nitrogen and oxygen atoms in total. The van der Waals surface area contributed by atoms with Crippen LogP contribution in [-0.4, -0.2) is 5.91 Å². The van der Waals surface area contributed by atoms with Crippen LogP contribution in [0.5, 0.6) is 0 Å².